The molecular formula is C21H27N5O2. The summed E-state index contributed by atoms with van der Waals surface area (Å²) in [6.07, 6.45) is 4.60. The molecule has 2 aliphatic rings. The number of aliphatic carboxylic acids is 1. The average Bonchev–Trinajstić information content (AvgIpc) is 3.16. The fourth-order valence-electron chi connectivity index (χ4n) is 4.37. The number of aromatic nitrogens is 2. The number of hydrogen-bond donors (Lipinski definition) is 1. The number of nitrogens with zero attached hydrogens (tertiary/aromatic N) is 5. The number of rotatable bonds is 6. The smallest absolute Gasteiger partial charge is 0.317 e. The number of hydrogen-bond acceptors (Lipinski definition) is 6. The molecule has 2 aliphatic heterocycles. The number of carboxylic acids is 1. The molecule has 1 N–H and O–H groups in total. The average molecular weight is 381 g/mol. The van der Waals surface area contributed by atoms with Crippen LogP contribution in [-0.2, 0) is 11.2 Å². The van der Waals surface area contributed by atoms with Crippen molar-refractivity contribution in [3.63, 3.8) is 0 Å². The van der Waals surface area contributed by atoms with Crippen LogP contribution in [0.1, 0.15) is 25.3 Å². The molecular weight excluding hydrogens is 354 g/mol. The van der Waals surface area contributed by atoms with E-state index in [0.717, 1.165) is 57.1 Å². The van der Waals surface area contributed by atoms with Crippen LogP contribution >= 0.6 is 0 Å². The van der Waals surface area contributed by atoms with Crippen LogP contribution in [0.3, 0.4) is 0 Å². The topological polar surface area (TPSA) is 72.8 Å². The lowest BCUT2D eigenvalue weighted by atomic mass is 10.0. The molecule has 7 heteroatoms. The van der Waals surface area contributed by atoms with Crippen LogP contribution in [0, 0.1) is 0 Å². The first-order valence-corrected chi connectivity index (χ1v) is 10.0. The van der Waals surface area contributed by atoms with Gasteiger partial charge in [0.25, 0.3) is 0 Å². The van der Waals surface area contributed by atoms with Crippen molar-refractivity contribution in [3.8, 4) is 0 Å². The summed E-state index contributed by atoms with van der Waals surface area (Å²) in [5.41, 5.74) is 2.60. The van der Waals surface area contributed by atoms with Crippen LogP contribution in [0.25, 0.3) is 0 Å². The minimum atomic E-state index is -0.754. The Balaban J connectivity index is 1.44. The van der Waals surface area contributed by atoms with Gasteiger partial charge >= 0.3 is 5.97 Å². The quantitative estimate of drug-likeness (QED) is 0.824. The lowest BCUT2D eigenvalue weighted by molar-refractivity contribution is -0.139. The molecule has 148 valence electrons. The Morgan fingerprint density at radius 1 is 1.18 bits per heavy atom. The molecule has 0 radical (unpaired) electrons. The van der Waals surface area contributed by atoms with E-state index in [2.05, 4.69) is 55.0 Å². The summed E-state index contributed by atoms with van der Waals surface area (Å²) in [5.74, 6) is 1.14. The molecule has 28 heavy (non-hydrogen) atoms. The second-order valence-electron chi connectivity index (χ2n) is 7.44. The van der Waals surface area contributed by atoms with E-state index in [4.69, 9.17) is 5.11 Å². The van der Waals surface area contributed by atoms with Crippen LogP contribution in [0.4, 0.5) is 17.3 Å². The number of anilines is 3. The maximum Gasteiger partial charge on any atom is 0.317 e. The zero-order chi connectivity index (χ0) is 19.5. The van der Waals surface area contributed by atoms with Gasteiger partial charge in [0.05, 0.1) is 6.54 Å². The van der Waals surface area contributed by atoms with Crippen LogP contribution in [0.2, 0.25) is 0 Å². The highest BCUT2D eigenvalue weighted by atomic mass is 16.4. The third kappa shape index (κ3) is 3.80. The van der Waals surface area contributed by atoms with E-state index in [1.807, 2.05) is 6.92 Å². The number of carbonyl (C=O) groups is 1. The van der Waals surface area contributed by atoms with Crippen LogP contribution < -0.4 is 9.80 Å². The Morgan fingerprint density at radius 2 is 1.93 bits per heavy atom. The van der Waals surface area contributed by atoms with Crippen molar-refractivity contribution in [2.75, 3.05) is 42.5 Å². The molecule has 1 saturated heterocycles. The molecule has 0 bridgehead atoms. The molecule has 3 heterocycles. The predicted molar refractivity (Wildman–Crippen MR) is 109 cm³/mol. The number of piperidine rings is 1. The maximum atomic E-state index is 11.1. The van der Waals surface area contributed by atoms with E-state index >= 15 is 0 Å². The first-order valence-electron chi connectivity index (χ1n) is 10.0. The van der Waals surface area contributed by atoms with Gasteiger partial charge in [-0.05, 0) is 37.4 Å². The van der Waals surface area contributed by atoms with Crippen molar-refractivity contribution in [3.05, 3.63) is 42.2 Å². The second kappa shape index (κ2) is 8.14. The van der Waals surface area contributed by atoms with Crippen LogP contribution in [0.15, 0.2) is 36.7 Å². The van der Waals surface area contributed by atoms with Crippen molar-refractivity contribution < 1.29 is 9.90 Å². The normalized spacial score (nSPS) is 17.2. The maximum absolute atomic E-state index is 11.1. The lowest BCUT2D eigenvalue weighted by Crippen LogP contribution is -2.46. The first kappa shape index (κ1) is 18.7. The molecule has 7 nitrogen and oxygen atoms in total. The molecule has 0 amide bonds. The van der Waals surface area contributed by atoms with Gasteiger partial charge < -0.3 is 14.9 Å². The largest absolute Gasteiger partial charge is 0.480 e. The highest BCUT2D eigenvalue weighted by Crippen LogP contribution is 2.34. The SMILES string of the molecule is CCN(CC(=O)O)C1CCN(c2cc(N3CCc4ccccc43)ncn2)CC1. The van der Waals surface area contributed by atoms with Gasteiger partial charge in [0, 0.05) is 37.4 Å². The van der Waals surface area contributed by atoms with Gasteiger partial charge in [-0.15, -0.1) is 0 Å². The molecule has 0 aliphatic carbocycles. The molecule has 1 aromatic carbocycles. The number of carboxylic acid groups (broad SMARTS) is 1. The Kier molecular flexibility index (Phi) is 5.43. The Bertz CT molecular complexity index is 835. The second-order valence-corrected chi connectivity index (χ2v) is 7.44. The summed E-state index contributed by atoms with van der Waals surface area (Å²) in [5, 5.41) is 9.11. The van der Waals surface area contributed by atoms with E-state index in [0.29, 0.717) is 6.04 Å². The molecule has 1 aromatic heterocycles. The summed E-state index contributed by atoms with van der Waals surface area (Å²) < 4.78 is 0. The fourth-order valence-corrected chi connectivity index (χ4v) is 4.37. The van der Waals surface area contributed by atoms with Crippen LogP contribution in [-0.4, -0.2) is 64.7 Å². The molecule has 1 fully saturated rings. The molecule has 0 atom stereocenters. The number of fused-ring (bicyclic) bond motifs is 1. The minimum Gasteiger partial charge on any atom is -0.480 e. The van der Waals surface area contributed by atoms with E-state index in [1.54, 1.807) is 6.33 Å². The van der Waals surface area contributed by atoms with Gasteiger partial charge in [-0.3, -0.25) is 9.69 Å². The highest BCUT2D eigenvalue weighted by molar-refractivity contribution is 5.69. The van der Waals surface area contributed by atoms with E-state index in [9.17, 15) is 4.79 Å². The van der Waals surface area contributed by atoms with Gasteiger partial charge in [-0.1, -0.05) is 25.1 Å². The summed E-state index contributed by atoms with van der Waals surface area (Å²) in [4.78, 5) is 26.7. The summed E-state index contributed by atoms with van der Waals surface area (Å²) in [6.45, 7) is 5.62. The molecule has 2 aromatic rings. The number of para-hydroxylation sites is 1. The zero-order valence-electron chi connectivity index (χ0n) is 16.3. The van der Waals surface area contributed by atoms with Crippen molar-refractivity contribution in [1.29, 1.82) is 0 Å². The molecule has 4 rings (SSSR count). The van der Waals surface area contributed by atoms with Crippen molar-refractivity contribution in [2.45, 2.75) is 32.2 Å². The van der Waals surface area contributed by atoms with Gasteiger partial charge in [0.2, 0.25) is 0 Å². The monoisotopic (exact) mass is 381 g/mol. The lowest BCUT2D eigenvalue weighted by Gasteiger charge is -2.38. The van der Waals surface area contributed by atoms with Gasteiger partial charge in [0.15, 0.2) is 0 Å². The standard InChI is InChI=1S/C21H27N5O2/c1-2-24(14-21(27)28)17-8-10-25(11-9-17)19-13-20(23-15-22-19)26-12-7-16-5-3-4-6-18(16)26/h3-6,13,15,17H,2,7-12,14H2,1H3,(H,27,28). The third-order valence-corrected chi connectivity index (χ3v) is 5.85. The zero-order valence-corrected chi connectivity index (χ0v) is 16.3. The summed E-state index contributed by atoms with van der Waals surface area (Å²) >= 11 is 0. The van der Waals surface area contributed by atoms with Gasteiger partial charge in [-0.25, -0.2) is 9.97 Å². The fraction of sp³-hybridized carbons (Fsp3) is 0.476. The summed E-state index contributed by atoms with van der Waals surface area (Å²) in [7, 11) is 0. The molecule has 0 spiro atoms. The summed E-state index contributed by atoms with van der Waals surface area (Å²) in [6, 6.07) is 10.9. The Morgan fingerprint density at radius 3 is 2.68 bits per heavy atom. The van der Waals surface area contributed by atoms with E-state index in [-0.39, 0.29) is 6.54 Å². The first-order chi connectivity index (χ1) is 13.7. The van der Waals surface area contributed by atoms with Crippen LogP contribution in [0.5, 0.6) is 0 Å². The molecule has 0 unspecified atom stereocenters. The Labute approximate surface area is 165 Å². The Hall–Kier alpha value is -2.67. The predicted octanol–water partition coefficient (Wildman–Crippen LogP) is 2.55. The number of benzene rings is 1. The van der Waals surface area contributed by atoms with Crippen molar-refractivity contribution in [1.82, 2.24) is 14.9 Å². The van der Waals surface area contributed by atoms with Gasteiger partial charge in [-0.2, -0.15) is 0 Å². The van der Waals surface area contributed by atoms with Crippen molar-refractivity contribution >= 4 is 23.3 Å². The highest BCUT2D eigenvalue weighted by Gasteiger charge is 2.27. The van der Waals surface area contributed by atoms with E-state index in [1.165, 1.54) is 11.3 Å². The minimum absolute atomic E-state index is 0.118. The van der Waals surface area contributed by atoms with E-state index < -0.39 is 5.97 Å². The van der Waals surface area contributed by atoms with Gasteiger partial charge in [0.1, 0.15) is 18.0 Å². The number of likely N-dealkylation sites (N-methyl/N-ethyl adjacent to an activating group) is 1. The molecule has 0 saturated carbocycles. The third-order valence-electron chi connectivity index (χ3n) is 5.85. The van der Waals surface area contributed by atoms with Crippen molar-refractivity contribution in [2.24, 2.45) is 0 Å².